The summed E-state index contributed by atoms with van der Waals surface area (Å²) in [5, 5.41) is 9.78. The molecule has 0 saturated carbocycles. The molecule has 2 aromatic carbocycles. The Kier molecular flexibility index (Phi) is 8.12. The first-order valence-electron chi connectivity index (χ1n) is 11.6. The molecule has 184 valence electrons. The van der Waals surface area contributed by atoms with Crippen LogP contribution in [0.1, 0.15) is 38.3 Å². The predicted octanol–water partition coefficient (Wildman–Crippen LogP) is 5.19. The lowest BCUT2D eigenvalue weighted by Gasteiger charge is -2.33. The van der Waals surface area contributed by atoms with Crippen molar-refractivity contribution in [2.75, 3.05) is 18.9 Å². The van der Waals surface area contributed by atoms with Crippen molar-refractivity contribution in [1.29, 1.82) is 0 Å². The van der Waals surface area contributed by atoms with Crippen molar-refractivity contribution in [3.05, 3.63) is 77.1 Å². The van der Waals surface area contributed by atoms with Gasteiger partial charge in [-0.2, -0.15) is 13.2 Å². The summed E-state index contributed by atoms with van der Waals surface area (Å²) in [6, 6.07) is 14.8. The van der Waals surface area contributed by atoms with E-state index in [1.807, 2.05) is 37.3 Å². The third kappa shape index (κ3) is 5.85. The first kappa shape index (κ1) is 25.5. The third-order valence-electron chi connectivity index (χ3n) is 5.91. The van der Waals surface area contributed by atoms with Crippen molar-refractivity contribution in [2.45, 2.75) is 46.1 Å². The second-order valence-electron chi connectivity index (χ2n) is 8.86. The Hall–Kier alpha value is -3.16. The fourth-order valence-corrected chi connectivity index (χ4v) is 4.25. The van der Waals surface area contributed by atoms with E-state index in [1.165, 1.54) is 12.1 Å². The normalized spacial score (nSPS) is 18.4. The number of nitrogens with one attached hydrogen (secondary N) is 3. The molecule has 8 heteroatoms. The quantitative estimate of drug-likeness (QED) is 0.468. The molecule has 0 saturated heterocycles. The molecule has 34 heavy (non-hydrogen) atoms. The Balaban J connectivity index is 2.01. The van der Waals surface area contributed by atoms with E-state index in [9.17, 15) is 18.0 Å². The van der Waals surface area contributed by atoms with Gasteiger partial charge in [-0.05, 0) is 42.2 Å². The average molecular weight is 475 g/mol. The number of carbonyl (C=O) groups is 1. The molecule has 0 spiro atoms. The lowest BCUT2D eigenvalue weighted by atomic mass is 10.0. The molecule has 1 aliphatic rings. The Morgan fingerprint density at radius 1 is 1.06 bits per heavy atom. The number of alkyl halides is 3. The van der Waals surface area contributed by atoms with E-state index in [4.69, 9.17) is 0 Å². The first-order valence-corrected chi connectivity index (χ1v) is 11.6. The molecule has 0 radical (unpaired) electrons. The number of nitrogens with zero attached hydrogens (tertiary/aromatic N) is 1. The Bertz CT molecular complexity index is 987. The smallest absolute Gasteiger partial charge is 0.386 e. The number of hydrogen-bond acceptors (Lipinski definition) is 4. The largest absolute Gasteiger partial charge is 0.416 e. The van der Waals surface area contributed by atoms with E-state index in [0.717, 1.165) is 34.8 Å². The monoisotopic (exact) mass is 474 g/mol. The molecule has 2 aromatic rings. The van der Waals surface area contributed by atoms with E-state index in [0.29, 0.717) is 25.4 Å². The zero-order valence-corrected chi connectivity index (χ0v) is 20.0. The Labute approximate surface area is 199 Å². The number of amides is 1. The van der Waals surface area contributed by atoms with Crippen LogP contribution < -0.4 is 16.0 Å². The van der Waals surface area contributed by atoms with Crippen LogP contribution in [0.3, 0.4) is 0 Å². The second kappa shape index (κ2) is 10.8. The van der Waals surface area contributed by atoms with Crippen LogP contribution in [0.5, 0.6) is 0 Å². The summed E-state index contributed by atoms with van der Waals surface area (Å²) < 4.78 is 39.1. The zero-order valence-electron chi connectivity index (χ0n) is 20.0. The highest BCUT2D eigenvalue weighted by Crippen LogP contribution is 2.37. The van der Waals surface area contributed by atoms with Crippen molar-refractivity contribution < 1.29 is 18.0 Å². The number of benzene rings is 2. The van der Waals surface area contributed by atoms with Crippen molar-refractivity contribution >= 4 is 11.6 Å². The van der Waals surface area contributed by atoms with Gasteiger partial charge in [0.25, 0.3) is 0 Å². The van der Waals surface area contributed by atoms with Crippen LogP contribution >= 0.6 is 0 Å². The van der Waals surface area contributed by atoms with Crippen molar-refractivity contribution in [3.63, 3.8) is 0 Å². The Morgan fingerprint density at radius 3 is 2.24 bits per heavy atom. The Morgan fingerprint density at radius 2 is 1.71 bits per heavy atom. The lowest BCUT2D eigenvalue weighted by molar-refractivity contribution is -0.137. The van der Waals surface area contributed by atoms with Crippen LogP contribution in [0.15, 0.2) is 66.0 Å². The van der Waals surface area contributed by atoms with Gasteiger partial charge in [0.05, 0.1) is 5.56 Å². The molecule has 0 fully saturated rings. The summed E-state index contributed by atoms with van der Waals surface area (Å²) in [6.07, 6.45) is -4.12. The molecule has 0 aromatic heterocycles. The van der Waals surface area contributed by atoms with Gasteiger partial charge >= 0.3 is 6.18 Å². The van der Waals surface area contributed by atoms with Crippen molar-refractivity contribution in [2.24, 2.45) is 11.8 Å². The maximum Gasteiger partial charge on any atom is 0.416 e. The number of hydrogen-bond donors (Lipinski definition) is 3. The molecule has 1 aliphatic heterocycles. The number of carbonyl (C=O) groups excluding carboxylic acids is 1. The summed E-state index contributed by atoms with van der Waals surface area (Å²) >= 11 is 0. The lowest BCUT2D eigenvalue weighted by Crippen LogP contribution is -2.46. The van der Waals surface area contributed by atoms with Crippen molar-refractivity contribution in [1.82, 2.24) is 15.5 Å². The van der Waals surface area contributed by atoms with E-state index in [1.54, 1.807) is 7.05 Å². The molecule has 0 aliphatic carbocycles. The highest BCUT2D eigenvalue weighted by Gasteiger charge is 2.44. The summed E-state index contributed by atoms with van der Waals surface area (Å²) in [4.78, 5) is 15.2. The fraction of sp³-hybridized carbons (Fsp3) is 0.423. The fourth-order valence-electron chi connectivity index (χ4n) is 4.25. The van der Waals surface area contributed by atoms with Gasteiger partial charge in [-0.15, -0.1) is 0 Å². The van der Waals surface area contributed by atoms with Crippen molar-refractivity contribution in [3.8, 4) is 0 Å². The van der Waals surface area contributed by atoms with Crippen LogP contribution in [0.2, 0.25) is 0 Å². The minimum atomic E-state index is -4.38. The topological polar surface area (TPSA) is 56.4 Å². The summed E-state index contributed by atoms with van der Waals surface area (Å²) in [7, 11) is 1.62. The van der Waals surface area contributed by atoms with E-state index in [-0.39, 0.29) is 5.91 Å². The molecule has 3 N–H and O–H groups in total. The molecule has 2 unspecified atom stereocenters. The van der Waals surface area contributed by atoms with Gasteiger partial charge in [0.2, 0.25) is 5.91 Å². The maximum absolute atomic E-state index is 13.1. The first-order chi connectivity index (χ1) is 16.2. The summed E-state index contributed by atoms with van der Waals surface area (Å²) in [6.45, 7) is 7.30. The summed E-state index contributed by atoms with van der Waals surface area (Å²) in [5.41, 5.74) is 2.75. The number of allylic oxidation sites excluding steroid dienone is 1. The molecule has 3 rings (SSSR count). The molecule has 1 heterocycles. The standard InChI is InChI=1S/C26H33F3N4O/c1-5-21-23(31-15-17(2)3)22(25(34)30-4)24(32-20-9-7-6-8-10-20)33(21)16-18-11-13-19(14-12-18)26(27,28)29/h6-14,17,22,24,31-32H,5,15-16H2,1-4H3,(H,30,34). The van der Waals surface area contributed by atoms with Gasteiger partial charge in [0.15, 0.2) is 0 Å². The molecule has 1 amide bonds. The second-order valence-corrected chi connectivity index (χ2v) is 8.86. The van der Waals surface area contributed by atoms with Gasteiger partial charge < -0.3 is 20.9 Å². The van der Waals surface area contributed by atoms with Crippen LogP contribution in [0.25, 0.3) is 0 Å². The van der Waals surface area contributed by atoms with Gasteiger partial charge in [-0.1, -0.05) is 51.1 Å². The van der Waals surface area contributed by atoms with Crippen LogP contribution in [-0.4, -0.2) is 30.6 Å². The number of halogens is 3. The molecule has 5 nitrogen and oxygen atoms in total. The average Bonchev–Trinajstić information content (AvgIpc) is 3.09. The van der Waals surface area contributed by atoms with Gasteiger partial charge in [-0.25, -0.2) is 0 Å². The van der Waals surface area contributed by atoms with E-state index in [2.05, 4.69) is 34.7 Å². The van der Waals surface area contributed by atoms with Gasteiger partial charge in [0, 0.05) is 37.2 Å². The third-order valence-corrected chi connectivity index (χ3v) is 5.91. The zero-order chi connectivity index (χ0) is 24.9. The number of para-hydroxylation sites is 1. The van der Waals surface area contributed by atoms with Crippen LogP contribution in [0, 0.1) is 11.8 Å². The highest BCUT2D eigenvalue weighted by atomic mass is 19.4. The molecule has 2 atom stereocenters. The molecular formula is C26H33F3N4O. The summed E-state index contributed by atoms with van der Waals surface area (Å²) in [5.74, 6) is -0.255. The molecule has 0 bridgehead atoms. The highest BCUT2D eigenvalue weighted by molar-refractivity contribution is 5.83. The SMILES string of the molecule is CCC1=C(NCC(C)C)C(C(=O)NC)C(Nc2ccccc2)N1Cc1ccc(C(F)(F)F)cc1. The predicted molar refractivity (Wildman–Crippen MR) is 129 cm³/mol. The van der Waals surface area contributed by atoms with E-state index < -0.39 is 23.8 Å². The van der Waals surface area contributed by atoms with Gasteiger partial charge in [-0.3, -0.25) is 4.79 Å². The van der Waals surface area contributed by atoms with Crippen LogP contribution in [-0.2, 0) is 17.5 Å². The van der Waals surface area contributed by atoms with Gasteiger partial charge in [0.1, 0.15) is 12.1 Å². The number of rotatable bonds is 9. The molecular weight excluding hydrogens is 441 g/mol. The minimum absolute atomic E-state index is 0.124. The number of anilines is 1. The minimum Gasteiger partial charge on any atom is -0.386 e. The maximum atomic E-state index is 13.1. The van der Waals surface area contributed by atoms with Crippen LogP contribution in [0.4, 0.5) is 18.9 Å². The van der Waals surface area contributed by atoms with E-state index >= 15 is 0 Å².